The number of β-amino-alcohol motifs (C(OH)–C–C–N with tert-alkyl or cyclic N) is 1. The first-order chi connectivity index (χ1) is 11.1. The normalized spacial score (nSPS) is 26.3. The van der Waals surface area contributed by atoms with Crippen molar-refractivity contribution in [3.63, 3.8) is 0 Å². The topological polar surface area (TPSA) is 64.6 Å². The standard InChI is InChI=1S/C18H27N3O2/c1-13-4-2-3-5-14(13)12-21-8-6-15(7-9-21)20-18(23)17-10-16(22)11-19-17/h2-5,15-17,19,22H,6-12H2,1H3,(H,20,23). The zero-order valence-electron chi connectivity index (χ0n) is 13.8. The Bertz CT molecular complexity index is 541. The van der Waals surface area contributed by atoms with Gasteiger partial charge in [0, 0.05) is 32.2 Å². The molecular formula is C18H27N3O2. The van der Waals surface area contributed by atoms with Gasteiger partial charge in [-0.3, -0.25) is 9.69 Å². The molecule has 0 spiro atoms. The van der Waals surface area contributed by atoms with E-state index in [4.69, 9.17) is 0 Å². The number of likely N-dealkylation sites (tertiary alicyclic amines) is 1. The molecule has 2 saturated heterocycles. The lowest BCUT2D eigenvalue weighted by molar-refractivity contribution is -0.124. The minimum atomic E-state index is -0.387. The van der Waals surface area contributed by atoms with E-state index in [-0.39, 0.29) is 24.1 Å². The molecule has 0 aliphatic carbocycles. The molecule has 3 rings (SSSR count). The highest BCUT2D eigenvalue weighted by atomic mass is 16.3. The maximum atomic E-state index is 12.2. The molecule has 2 fully saturated rings. The molecule has 126 valence electrons. The van der Waals surface area contributed by atoms with Crippen LogP contribution < -0.4 is 10.6 Å². The van der Waals surface area contributed by atoms with Crippen LogP contribution >= 0.6 is 0 Å². The summed E-state index contributed by atoms with van der Waals surface area (Å²) in [5.74, 6) is 0.0407. The maximum Gasteiger partial charge on any atom is 0.237 e. The highest BCUT2D eigenvalue weighted by molar-refractivity contribution is 5.82. The lowest BCUT2D eigenvalue weighted by atomic mass is 10.0. The lowest BCUT2D eigenvalue weighted by Gasteiger charge is -2.33. The molecule has 1 amide bonds. The van der Waals surface area contributed by atoms with Gasteiger partial charge in [0.25, 0.3) is 0 Å². The van der Waals surface area contributed by atoms with E-state index in [9.17, 15) is 9.90 Å². The van der Waals surface area contributed by atoms with Gasteiger partial charge in [0.2, 0.25) is 5.91 Å². The van der Waals surface area contributed by atoms with Crippen molar-refractivity contribution < 1.29 is 9.90 Å². The summed E-state index contributed by atoms with van der Waals surface area (Å²) in [6, 6.07) is 8.56. The zero-order chi connectivity index (χ0) is 16.2. The quantitative estimate of drug-likeness (QED) is 0.768. The third kappa shape index (κ3) is 4.31. The maximum absolute atomic E-state index is 12.2. The zero-order valence-corrected chi connectivity index (χ0v) is 13.8. The van der Waals surface area contributed by atoms with Crippen LogP contribution in [0.5, 0.6) is 0 Å². The molecule has 2 unspecified atom stereocenters. The van der Waals surface area contributed by atoms with E-state index in [0.29, 0.717) is 13.0 Å². The number of rotatable bonds is 4. The van der Waals surface area contributed by atoms with Crippen LogP contribution in [0.15, 0.2) is 24.3 Å². The van der Waals surface area contributed by atoms with Crippen molar-refractivity contribution in [3.8, 4) is 0 Å². The predicted octanol–water partition coefficient (Wildman–Crippen LogP) is 0.798. The molecular weight excluding hydrogens is 290 g/mol. The molecule has 1 aromatic rings. The number of piperidine rings is 1. The Labute approximate surface area is 138 Å². The van der Waals surface area contributed by atoms with Gasteiger partial charge in [-0.2, -0.15) is 0 Å². The van der Waals surface area contributed by atoms with E-state index in [2.05, 4.69) is 46.7 Å². The summed E-state index contributed by atoms with van der Waals surface area (Å²) in [6.07, 6.45) is 2.12. The van der Waals surface area contributed by atoms with Crippen LogP contribution in [0.2, 0.25) is 0 Å². The Kier molecular flexibility index (Phi) is 5.30. The Hall–Kier alpha value is -1.43. The summed E-state index contributed by atoms with van der Waals surface area (Å²) >= 11 is 0. The number of hydrogen-bond donors (Lipinski definition) is 3. The van der Waals surface area contributed by atoms with Crippen molar-refractivity contribution in [2.45, 2.75) is 50.9 Å². The summed E-state index contributed by atoms with van der Waals surface area (Å²) in [7, 11) is 0. The number of aliphatic hydroxyl groups excluding tert-OH is 1. The molecule has 0 radical (unpaired) electrons. The van der Waals surface area contributed by atoms with Crippen LogP contribution in [0.4, 0.5) is 0 Å². The average Bonchev–Trinajstić information content (AvgIpc) is 2.98. The third-order valence-electron chi connectivity index (χ3n) is 5.01. The van der Waals surface area contributed by atoms with Gasteiger partial charge in [0.15, 0.2) is 0 Å². The third-order valence-corrected chi connectivity index (χ3v) is 5.01. The number of hydrogen-bond acceptors (Lipinski definition) is 4. The fourth-order valence-electron chi connectivity index (χ4n) is 3.48. The highest BCUT2D eigenvalue weighted by Crippen LogP contribution is 2.16. The summed E-state index contributed by atoms with van der Waals surface area (Å²) in [4.78, 5) is 14.6. The van der Waals surface area contributed by atoms with Crippen molar-refractivity contribution in [2.75, 3.05) is 19.6 Å². The van der Waals surface area contributed by atoms with E-state index in [1.807, 2.05) is 0 Å². The van der Waals surface area contributed by atoms with Crippen LogP contribution in [-0.4, -0.2) is 53.7 Å². The molecule has 0 aromatic heterocycles. The SMILES string of the molecule is Cc1ccccc1CN1CCC(NC(=O)C2CC(O)CN2)CC1. The van der Waals surface area contributed by atoms with E-state index in [1.165, 1.54) is 11.1 Å². The summed E-state index contributed by atoms with van der Waals surface area (Å²) < 4.78 is 0. The van der Waals surface area contributed by atoms with E-state index in [1.54, 1.807) is 0 Å². The van der Waals surface area contributed by atoms with Gasteiger partial charge in [0.1, 0.15) is 0 Å². The van der Waals surface area contributed by atoms with Crippen molar-refractivity contribution in [1.29, 1.82) is 0 Å². The van der Waals surface area contributed by atoms with Gasteiger partial charge in [0.05, 0.1) is 12.1 Å². The molecule has 0 bridgehead atoms. The lowest BCUT2D eigenvalue weighted by Crippen LogP contribution is -2.49. The van der Waals surface area contributed by atoms with Gasteiger partial charge in [-0.25, -0.2) is 0 Å². The fraction of sp³-hybridized carbons (Fsp3) is 0.611. The first-order valence-corrected chi connectivity index (χ1v) is 8.60. The monoisotopic (exact) mass is 317 g/mol. The second-order valence-electron chi connectivity index (χ2n) is 6.84. The Morgan fingerprint density at radius 2 is 2.09 bits per heavy atom. The molecule has 3 N–H and O–H groups in total. The van der Waals surface area contributed by atoms with Crippen LogP contribution in [0.3, 0.4) is 0 Å². The number of nitrogens with one attached hydrogen (secondary N) is 2. The van der Waals surface area contributed by atoms with E-state index < -0.39 is 0 Å². The molecule has 23 heavy (non-hydrogen) atoms. The van der Waals surface area contributed by atoms with E-state index >= 15 is 0 Å². The number of aryl methyl sites for hydroxylation is 1. The highest BCUT2D eigenvalue weighted by Gasteiger charge is 2.30. The minimum absolute atomic E-state index is 0.0407. The van der Waals surface area contributed by atoms with Gasteiger partial charge >= 0.3 is 0 Å². The average molecular weight is 317 g/mol. The minimum Gasteiger partial charge on any atom is -0.392 e. The Balaban J connectivity index is 1.43. The van der Waals surface area contributed by atoms with Crippen molar-refractivity contribution in [3.05, 3.63) is 35.4 Å². The molecule has 1 aromatic carbocycles. The van der Waals surface area contributed by atoms with Gasteiger partial charge < -0.3 is 15.7 Å². The number of nitrogens with zero attached hydrogens (tertiary/aromatic N) is 1. The Morgan fingerprint density at radius 3 is 2.74 bits per heavy atom. The summed E-state index contributed by atoms with van der Waals surface area (Å²) in [5, 5.41) is 15.7. The number of carbonyl (C=O) groups is 1. The predicted molar refractivity (Wildman–Crippen MR) is 90.0 cm³/mol. The van der Waals surface area contributed by atoms with E-state index in [0.717, 1.165) is 32.5 Å². The number of amides is 1. The van der Waals surface area contributed by atoms with Crippen LogP contribution in [0.1, 0.15) is 30.4 Å². The number of benzene rings is 1. The molecule has 2 heterocycles. The largest absolute Gasteiger partial charge is 0.392 e. The number of aliphatic hydroxyl groups is 1. The molecule has 2 aliphatic heterocycles. The van der Waals surface area contributed by atoms with Gasteiger partial charge in [-0.05, 0) is 37.3 Å². The van der Waals surface area contributed by atoms with Crippen LogP contribution in [-0.2, 0) is 11.3 Å². The summed E-state index contributed by atoms with van der Waals surface area (Å²) in [6.45, 7) is 5.70. The molecule has 0 saturated carbocycles. The van der Waals surface area contributed by atoms with Crippen molar-refractivity contribution >= 4 is 5.91 Å². The van der Waals surface area contributed by atoms with Crippen LogP contribution in [0, 0.1) is 6.92 Å². The molecule has 5 heteroatoms. The molecule has 5 nitrogen and oxygen atoms in total. The smallest absolute Gasteiger partial charge is 0.237 e. The van der Waals surface area contributed by atoms with Crippen LogP contribution in [0.25, 0.3) is 0 Å². The second kappa shape index (κ2) is 7.43. The second-order valence-corrected chi connectivity index (χ2v) is 6.84. The van der Waals surface area contributed by atoms with Gasteiger partial charge in [-0.15, -0.1) is 0 Å². The fourth-order valence-corrected chi connectivity index (χ4v) is 3.48. The van der Waals surface area contributed by atoms with Crippen molar-refractivity contribution in [2.24, 2.45) is 0 Å². The summed E-state index contributed by atoms with van der Waals surface area (Å²) in [5.41, 5.74) is 2.73. The Morgan fingerprint density at radius 1 is 1.35 bits per heavy atom. The first-order valence-electron chi connectivity index (χ1n) is 8.60. The van der Waals surface area contributed by atoms with Crippen molar-refractivity contribution in [1.82, 2.24) is 15.5 Å². The molecule has 2 atom stereocenters. The first kappa shape index (κ1) is 16.4. The van der Waals surface area contributed by atoms with Gasteiger partial charge in [-0.1, -0.05) is 24.3 Å². The number of carbonyl (C=O) groups excluding carboxylic acids is 1. The molecule has 2 aliphatic rings.